The van der Waals surface area contributed by atoms with Crippen LogP contribution in [0.4, 0.5) is 0 Å². The third kappa shape index (κ3) is 2.68. The molecule has 1 aliphatic carbocycles. The Morgan fingerprint density at radius 2 is 2.15 bits per heavy atom. The van der Waals surface area contributed by atoms with Gasteiger partial charge in [0, 0.05) is 18.6 Å². The van der Waals surface area contributed by atoms with E-state index in [0.717, 1.165) is 12.6 Å². The van der Waals surface area contributed by atoms with E-state index in [4.69, 9.17) is 5.73 Å². The highest BCUT2D eigenvalue weighted by atomic mass is 15.2. The minimum absolute atomic E-state index is 0.293. The summed E-state index contributed by atoms with van der Waals surface area (Å²) in [5.74, 6) is 0. The number of nitrogens with zero attached hydrogens (tertiary/aromatic N) is 1. The van der Waals surface area contributed by atoms with E-state index in [2.05, 4.69) is 32.7 Å². The smallest absolute Gasteiger partial charge is 0.0144 e. The number of nitrogens with two attached hydrogens (primary N) is 1. The second-order valence-electron chi connectivity index (χ2n) is 5.31. The van der Waals surface area contributed by atoms with Crippen LogP contribution in [-0.4, -0.2) is 30.6 Å². The Morgan fingerprint density at radius 1 is 1.54 bits per heavy atom. The molecular formula is C11H24N2. The molecule has 1 saturated carbocycles. The van der Waals surface area contributed by atoms with Crippen LogP contribution < -0.4 is 5.73 Å². The third-order valence-corrected chi connectivity index (χ3v) is 3.31. The van der Waals surface area contributed by atoms with Gasteiger partial charge in [-0.3, -0.25) is 0 Å². The Morgan fingerprint density at radius 3 is 2.54 bits per heavy atom. The molecule has 2 unspecified atom stereocenters. The molecule has 0 aromatic heterocycles. The van der Waals surface area contributed by atoms with Crippen molar-refractivity contribution < 1.29 is 0 Å². The summed E-state index contributed by atoms with van der Waals surface area (Å²) in [4.78, 5) is 2.44. The maximum absolute atomic E-state index is 5.81. The van der Waals surface area contributed by atoms with Crippen molar-refractivity contribution in [3.63, 3.8) is 0 Å². The Labute approximate surface area is 82.5 Å². The lowest BCUT2D eigenvalue weighted by Gasteiger charge is -2.35. The van der Waals surface area contributed by atoms with Gasteiger partial charge in [-0.1, -0.05) is 20.3 Å². The van der Waals surface area contributed by atoms with E-state index in [0.29, 0.717) is 11.5 Å². The Bertz CT molecular complexity index is 163. The highest BCUT2D eigenvalue weighted by Gasteiger charge is 2.36. The summed E-state index contributed by atoms with van der Waals surface area (Å²) >= 11 is 0. The first-order valence-electron chi connectivity index (χ1n) is 5.39. The Hall–Kier alpha value is -0.0800. The van der Waals surface area contributed by atoms with Crippen molar-refractivity contribution >= 4 is 0 Å². The molecule has 0 amide bonds. The molecule has 1 aliphatic rings. The quantitative estimate of drug-likeness (QED) is 0.725. The third-order valence-electron chi connectivity index (χ3n) is 3.31. The minimum Gasteiger partial charge on any atom is -0.327 e. The van der Waals surface area contributed by atoms with Crippen molar-refractivity contribution in [1.82, 2.24) is 4.90 Å². The molecule has 0 heterocycles. The molecule has 1 rings (SSSR count). The van der Waals surface area contributed by atoms with Gasteiger partial charge in [0.15, 0.2) is 0 Å². The van der Waals surface area contributed by atoms with Crippen LogP contribution in [0.3, 0.4) is 0 Å². The van der Waals surface area contributed by atoms with Crippen LogP contribution in [0.25, 0.3) is 0 Å². The number of likely N-dealkylation sites (N-methyl/N-ethyl adjacent to an activating group) is 1. The molecule has 13 heavy (non-hydrogen) atoms. The van der Waals surface area contributed by atoms with Crippen LogP contribution in [0.1, 0.15) is 40.0 Å². The Kier molecular flexibility index (Phi) is 3.36. The summed E-state index contributed by atoms with van der Waals surface area (Å²) < 4.78 is 0. The van der Waals surface area contributed by atoms with E-state index in [1.165, 1.54) is 19.3 Å². The fourth-order valence-corrected chi connectivity index (χ4v) is 2.71. The van der Waals surface area contributed by atoms with Gasteiger partial charge in [-0.25, -0.2) is 0 Å². The summed E-state index contributed by atoms with van der Waals surface area (Å²) in [7, 11) is 2.21. The van der Waals surface area contributed by atoms with Crippen molar-refractivity contribution in [3.8, 4) is 0 Å². The largest absolute Gasteiger partial charge is 0.327 e. The van der Waals surface area contributed by atoms with Gasteiger partial charge in [0.25, 0.3) is 0 Å². The SMILES string of the molecule is CC(N)CN(C)C1CCCC1(C)C. The molecule has 1 fully saturated rings. The summed E-state index contributed by atoms with van der Waals surface area (Å²) in [5.41, 5.74) is 6.30. The van der Waals surface area contributed by atoms with E-state index < -0.39 is 0 Å². The topological polar surface area (TPSA) is 29.3 Å². The second-order valence-corrected chi connectivity index (χ2v) is 5.31. The molecule has 0 aromatic carbocycles. The van der Waals surface area contributed by atoms with Crippen LogP contribution >= 0.6 is 0 Å². The lowest BCUT2D eigenvalue weighted by molar-refractivity contribution is 0.136. The van der Waals surface area contributed by atoms with E-state index in [1.807, 2.05) is 0 Å². The fourth-order valence-electron chi connectivity index (χ4n) is 2.71. The molecule has 0 saturated heterocycles. The maximum Gasteiger partial charge on any atom is 0.0144 e. The standard InChI is InChI=1S/C11H24N2/c1-9(12)8-13(4)10-6-5-7-11(10,2)3/h9-10H,5-8,12H2,1-4H3. The first kappa shape index (κ1) is 11.0. The lowest BCUT2D eigenvalue weighted by Crippen LogP contribution is -2.44. The van der Waals surface area contributed by atoms with Gasteiger partial charge in [0.05, 0.1) is 0 Å². The minimum atomic E-state index is 0.293. The molecule has 2 nitrogen and oxygen atoms in total. The summed E-state index contributed by atoms with van der Waals surface area (Å²) in [6, 6.07) is 1.03. The highest BCUT2D eigenvalue weighted by molar-refractivity contribution is 4.91. The summed E-state index contributed by atoms with van der Waals surface area (Å²) in [5, 5.41) is 0. The van der Waals surface area contributed by atoms with Crippen LogP contribution in [0.5, 0.6) is 0 Å². The molecule has 0 bridgehead atoms. The van der Waals surface area contributed by atoms with Crippen molar-refractivity contribution in [3.05, 3.63) is 0 Å². The normalized spacial score (nSPS) is 29.5. The summed E-state index contributed by atoms with van der Waals surface area (Å²) in [6.45, 7) is 7.86. The first-order chi connectivity index (χ1) is 5.93. The average Bonchev–Trinajstić information content (AvgIpc) is 2.27. The van der Waals surface area contributed by atoms with Gasteiger partial charge < -0.3 is 10.6 Å². The number of hydrogen-bond donors (Lipinski definition) is 1. The average molecular weight is 184 g/mol. The van der Waals surface area contributed by atoms with Gasteiger partial charge in [0.1, 0.15) is 0 Å². The molecule has 78 valence electrons. The van der Waals surface area contributed by atoms with Gasteiger partial charge in [-0.15, -0.1) is 0 Å². The van der Waals surface area contributed by atoms with Crippen LogP contribution in [0.15, 0.2) is 0 Å². The number of hydrogen-bond acceptors (Lipinski definition) is 2. The summed E-state index contributed by atoms with van der Waals surface area (Å²) in [6.07, 6.45) is 4.08. The van der Waals surface area contributed by atoms with Crippen molar-refractivity contribution in [2.75, 3.05) is 13.6 Å². The Balaban J connectivity index is 2.51. The van der Waals surface area contributed by atoms with E-state index in [9.17, 15) is 0 Å². The molecule has 0 aromatic rings. The predicted octanol–water partition coefficient (Wildman–Crippen LogP) is 1.84. The van der Waals surface area contributed by atoms with E-state index >= 15 is 0 Å². The highest BCUT2D eigenvalue weighted by Crippen LogP contribution is 2.39. The van der Waals surface area contributed by atoms with Gasteiger partial charge in [-0.2, -0.15) is 0 Å². The molecule has 2 N–H and O–H groups in total. The molecule has 0 aliphatic heterocycles. The van der Waals surface area contributed by atoms with Crippen molar-refractivity contribution in [2.45, 2.75) is 52.1 Å². The van der Waals surface area contributed by atoms with E-state index in [1.54, 1.807) is 0 Å². The fraction of sp³-hybridized carbons (Fsp3) is 1.00. The monoisotopic (exact) mass is 184 g/mol. The van der Waals surface area contributed by atoms with Gasteiger partial charge in [0.2, 0.25) is 0 Å². The molecule has 0 spiro atoms. The molecule has 0 radical (unpaired) electrons. The molecular weight excluding hydrogens is 160 g/mol. The van der Waals surface area contributed by atoms with Crippen molar-refractivity contribution in [1.29, 1.82) is 0 Å². The molecule has 2 heteroatoms. The van der Waals surface area contributed by atoms with Crippen LogP contribution in [-0.2, 0) is 0 Å². The zero-order valence-electron chi connectivity index (χ0n) is 9.51. The van der Waals surface area contributed by atoms with Crippen LogP contribution in [0, 0.1) is 5.41 Å². The maximum atomic E-state index is 5.81. The molecule has 2 atom stereocenters. The van der Waals surface area contributed by atoms with Crippen molar-refractivity contribution in [2.24, 2.45) is 11.1 Å². The zero-order chi connectivity index (χ0) is 10.1. The predicted molar refractivity (Wildman–Crippen MR) is 57.7 cm³/mol. The van der Waals surface area contributed by atoms with E-state index in [-0.39, 0.29) is 0 Å². The van der Waals surface area contributed by atoms with Gasteiger partial charge in [-0.05, 0) is 32.2 Å². The zero-order valence-corrected chi connectivity index (χ0v) is 9.51. The second kappa shape index (κ2) is 3.97. The first-order valence-corrected chi connectivity index (χ1v) is 5.39. The van der Waals surface area contributed by atoms with Gasteiger partial charge >= 0.3 is 0 Å². The lowest BCUT2D eigenvalue weighted by atomic mass is 9.86. The van der Waals surface area contributed by atoms with Crippen LogP contribution in [0.2, 0.25) is 0 Å². The number of rotatable bonds is 3.